The number of H-pyrrole nitrogens is 1. The molecule has 1 aromatic carbocycles. The molecule has 1 aliphatic rings. The van der Waals surface area contributed by atoms with E-state index in [-0.39, 0.29) is 5.91 Å². The van der Waals surface area contributed by atoms with Crippen molar-refractivity contribution in [2.45, 2.75) is 6.92 Å². The number of para-hydroxylation sites is 1. The molecule has 2 heterocycles. The Morgan fingerprint density at radius 3 is 2.55 bits per heavy atom. The van der Waals surface area contributed by atoms with Crippen LogP contribution in [-0.4, -0.2) is 53.3 Å². The van der Waals surface area contributed by atoms with Crippen molar-refractivity contribution in [2.75, 3.05) is 26.2 Å². The molecule has 0 bridgehead atoms. The van der Waals surface area contributed by atoms with E-state index in [1.165, 1.54) is 0 Å². The van der Waals surface area contributed by atoms with Crippen LogP contribution in [0.3, 0.4) is 0 Å². The Labute approximate surface area is 117 Å². The summed E-state index contributed by atoms with van der Waals surface area (Å²) in [5.74, 6) is 0.0178. The van der Waals surface area contributed by atoms with Gasteiger partial charge in [0.15, 0.2) is 0 Å². The van der Waals surface area contributed by atoms with Gasteiger partial charge in [0.25, 0.3) is 5.91 Å². The molecule has 1 N–H and O–H groups in total. The topological polar surface area (TPSA) is 56.4 Å². The molecule has 5 heteroatoms. The van der Waals surface area contributed by atoms with E-state index in [0.29, 0.717) is 31.9 Å². The van der Waals surface area contributed by atoms with E-state index in [0.717, 1.165) is 22.9 Å². The van der Waals surface area contributed by atoms with Crippen molar-refractivity contribution in [3.63, 3.8) is 0 Å². The largest absolute Gasteiger partial charge is 0.350 e. The number of hydrogen-bond donors (Lipinski definition) is 1. The molecule has 3 rings (SSSR count). The number of carbonyl (C=O) groups is 2. The molecule has 1 fully saturated rings. The Kier molecular flexibility index (Phi) is 3.18. The maximum absolute atomic E-state index is 12.6. The predicted molar refractivity (Wildman–Crippen MR) is 76.6 cm³/mol. The minimum Gasteiger partial charge on any atom is -0.350 e. The zero-order valence-electron chi connectivity index (χ0n) is 11.4. The molecule has 0 aliphatic carbocycles. The number of hydrogen-bond acceptors (Lipinski definition) is 2. The van der Waals surface area contributed by atoms with Gasteiger partial charge in [0.2, 0.25) is 6.41 Å². The second-order valence-corrected chi connectivity index (χ2v) is 5.10. The van der Waals surface area contributed by atoms with Crippen molar-refractivity contribution in [2.24, 2.45) is 0 Å². The molecule has 0 spiro atoms. The zero-order valence-corrected chi connectivity index (χ0v) is 11.4. The van der Waals surface area contributed by atoms with E-state index < -0.39 is 0 Å². The van der Waals surface area contributed by atoms with Crippen LogP contribution in [0.2, 0.25) is 0 Å². The van der Waals surface area contributed by atoms with Crippen LogP contribution < -0.4 is 0 Å². The Morgan fingerprint density at radius 2 is 1.90 bits per heavy atom. The third kappa shape index (κ3) is 2.05. The van der Waals surface area contributed by atoms with Gasteiger partial charge in [0.05, 0.1) is 0 Å². The summed E-state index contributed by atoms with van der Waals surface area (Å²) in [7, 11) is 0. The highest BCUT2D eigenvalue weighted by molar-refractivity contribution is 6.00. The second-order valence-electron chi connectivity index (χ2n) is 5.10. The fraction of sp³-hybridized carbons (Fsp3) is 0.333. The molecule has 0 saturated carbocycles. The fourth-order valence-corrected chi connectivity index (χ4v) is 2.68. The van der Waals surface area contributed by atoms with Crippen LogP contribution in [0.4, 0.5) is 0 Å². The summed E-state index contributed by atoms with van der Waals surface area (Å²) >= 11 is 0. The average Bonchev–Trinajstić information content (AvgIpc) is 2.84. The number of nitrogens with one attached hydrogen (secondary N) is 1. The molecular weight excluding hydrogens is 254 g/mol. The molecule has 1 aromatic heterocycles. The minimum atomic E-state index is 0.0178. The zero-order chi connectivity index (χ0) is 14.1. The number of aromatic amines is 1. The van der Waals surface area contributed by atoms with E-state index in [9.17, 15) is 9.59 Å². The summed E-state index contributed by atoms with van der Waals surface area (Å²) in [6.07, 6.45) is 0.843. The second kappa shape index (κ2) is 5.00. The third-order valence-corrected chi connectivity index (χ3v) is 3.93. The molecule has 1 aliphatic heterocycles. The maximum Gasteiger partial charge on any atom is 0.270 e. The number of amides is 2. The number of rotatable bonds is 2. The number of aromatic nitrogens is 1. The van der Waals surface area contributed by atoms with Crippen molar-refractivity contribution in [3.05, 3.63) is 35.5 Å². The number of benzene rings is 1. The first kappa shape index (κ1) is 12.7. The van der Waals surface area contributed by atoms with Crippen molar-refractivity contribution in [1.29, 1.82) is 0 Å². The van der Waals surface area contributed by atoms with Gasteiger partial charge in [-0.1, -0.05) is 18.2 Å². The molecule has 2 aromatic rings. The summed E-state index contributed by atoms with van der Waals surface area (Å²) in [5, 5.41) is 1.09. The van der Waals surface area contributed by atoms with Gasteiger partial charge in [-0.25, -0.2) is 0 Å². The van der Waals surface area contributed by atoms with Crippen LogP contribution in [-0.2, 0) is 4.79 Å². The molecule has 1 saturated heterocycles. The van der Waals surface area contributed by atoms with E-state index in [4.69, 9.17) is 0 Å². The average molecular weight is 271 g/mol. The van der Waals surface area contributed by atoms with Crippen LogP contribution in [0.1, 0.15) is 16.1 Å². The van der Waals surface area contributed by atoms with E-state index in [1.807, 2.05) is 31.2 Å². The highest BCUT2D eigenvalue weighted by Crippen LogP contribution is 2.22. The molecule has 5 nitrogen and oxygen atoms in total. The minimum absolute atomic E-state index is 0.0178. The van der Waals surface area contributed by atoms with Crippen LogP contribution in [0.5, 0.6) is 0 Å². The summed E-state index contributed by atoms with van der Waals surface area (Å²) in [5.41, 5.74) is 2.63. The van der Waals surface area contributed by atoms with Gasteiger partial charge in [0.1, 0.15) is 5.69 Å². The van der Waals surface area contributed by atoms with E-state index >= 15 is 0 Å². The Balaban J connectivity index is 1.86. The first-order valence-corrected chi connectivity index (χ1v) is 6.76. The lowest BCUT2D eigenvalue weighted by Crippen LogP contribution is -2.48. The summed E-state index contributed by atoms with van der Waals surface area (Å²) in [4.78, 5) is 30.0. The van der Waals surface area contributed by atoms with Crippen LogP contribution >= 0.6 is 0 Å². The van der Waals surface area contributed by atoms with E-state index in [1.54, 1.807) is 9.80 Å². The maximum atomic E-state index is 12.6. The lowest BCUT2D eigenvalue weighted by molar-refractivity contribution is -0.119. The normalized spacial score (nSPS) is 15.7. The number of fused-ring (bicyclic) bond motifs is 1. The number of nitrogens with zero attached hydrogens (tertiary/aromatic N) is 2. The molecular formula is C15H17N3O2. The van der Waals surface area contributed by atoms with Gasteiger partial charge in [-0.15, -0.1) is 0 Å². The Morgan fingerprint density at radius 1 is 1.20 bits per heavy atom. The highest BCUT2D eigenvalue weighted by atomic mass is 16.2. The molecule has 0 atom stereocenters. The van der Waals surface area contributed by atoms with Crippen molar-refractivity contribution in [3.8, 4) is 0 Å². The number of carbonyl (C=O) groups excluding carboxylic acids is 2. The van der Waals surface area contributed by atoms with Gasteiger partial charge in [-0.05, 0) is 18.6 Å². The number of aryl methyl sites for hydroxylation is 1. The molecule has 20 heavy (non-hydrogen) atoms. The van der Waals surface area contributed by atoms with Crippen molar-refractivity contribution < 1.29 is 9.59 Å². The lowest BCUT2D eigenvalue weighted by atomic mass is 10.1. The third-order valence-electron chi connectivity index (χ3n) is 3.93. The summed E-state index contributed by atoms with van der Waals surface area (Å²) in [6.45, 7) is 4.36. The van der Waals surface area contributed by atoms with Crippen LogP contribution in [0.25, 0.3) is 10.9 Å². The van der Waals surface area contributed by atoms with Crippen molar-refractivity contribution >= 4 is 23.2 Å². The molecule has 0 radical (unpaired) electrons. The molecule has 104 valence electrons. The van der Waals surface area contributed by atoms with Crippen molar-refractivity contribution in [1.82, 2.24) is 14.8 Å². The SMILES string of the molecule is Cc1c(C(=O)N2CCN(C=O)CC2)[nH]c2ccccc12. The van der Waals surface area contributed by atoms with Crippen LogP contribution in [0.15, 0.2) is 24.3 Å². The van der Waals surface area contributed by atoms with Gasteiger partial charge >= 0.3 is 0 Å². The smallest absolute Gasteiger partial charge is 0.270 e. The Bertz CT molecular complexity index is 654. The van der Waals surface area contributed by atoms with Gasteiger partial charge in [-0.3, -0.25) is 9.59 Å². The Hall–Kier alpha value is -2.30. The van der Waals surface area contributed by atoms with Crippen LogP contribution in [0, 0.1) is 6.92 Å². The van der Waals surface area contributed by atoms with Gasteiger partial charge in [0, 0.05) is 37.1 Å². The van der Waals surface area contributed by atoms with E-state index in [2.05, 4.69) is 4.98 Å². The first-order chi connectivity index (χ1) is 9.70. The number of piperazine rings is 1. The lowest BCUT2D eigenvalue weighted by Gasteiger charge is -2.32. The first-order valence-electron chi connectivity index (χ1n) is 6.76. The monoisotopic (exact) mass is 271 g/mol. The van der Waals surface area contributed by atoms with Gasteiger partial charge < -0.3 is 14.8 Å². The molecule has 2 amide bonds. The fourth-order valence-electron chi connectivity index (χ4n) is 2.68. The molecule has 0 unspecified atom stereocenters. The quantitative estimate of drug-likeness (QED) is 0.839. The highest BCUT2D eigenvalue weighted by Gasteiger charge is 2.24. The summed E-state index contributed by atoms with van der Waals surface area (Å²) < 4.78 is 0. The standard InChI is InChI=1S/C15H17N3O2/c1-11-12-4-2-3-5-13(12)16-14(11)15(20)18-8-6-17(10-19)7-9-18/h2-5,10,16H,6-9H2,1H3. The predicted octanol–water partition coefficient (Wildman–Crippen LogP) is 1.39. The summed E-state index contributed by atoms with van der Waals surface area (Å²) in [6, 6.07) is 7.92. The van der Waals surface area contributed by atoms with Gasteiger partial charge in [-0.2, -0.15) is 0 Å².